The molecule has 2 aliphatic rings. The van der Waals surface area contributed by atoms with Crippen molar-refractivity contribution >= 4 is 0 Å². The van der Waals surface area contributed by atoms with Gasteiger partial charge in [-0.15, -0.1) is 0 Å². The molecule has 2 saturated heterocycles. The second kappa shape index (κ2) is 4.40. The monoisotopic (exact) mass is 185 g/mol. The van der Waals surface area contributed by atoms with Crippen LogP contribution >= 0.6 is 0 Å². The number of nitrogens with zero attached hydrogens (tertiary/aromatic N) is 1. The number of rotatable bonds is 3. The van der Waals surface area contributed by atoms with E-state index in [0.717, 1.165) is 25.6 Å². The molecule has 13 heavy (non-hydrogen) atoms. The predicted molar refractivity (Wildman–Crippen MR) is 50.6 cm³/mol. The predicted octanol–water partition coefficient (Wildman–Crippen LogP) is 0.480. The van der Waals surface area contributed by atoms with Crippen LogP contribution in [-0.2, 0) is 4.74 Å². The molecule has 76 valence electrons. The Morgan fingerprint density at radius 1 is 1.38 bits per heavy atom. The van der Waals surface area contributed by atoms with Crippen molar-refractivity contribution < 1.29 is 9.84 Å². The lowest BCUT2D eigenvalue weighted by molar-refractivity contribution is 0.155. The molecule has 0 saturated carbocycles. The number of hydrogen-bond donors (Lipinski definition) is 1. The van der Waals surface area contributed by atoms with Crippen LogP contribution in [0.2, 0.25) is 0 Å². The van der Waals surface area contributed by atoms with Gasteiger partial charge in [0.1, 0.15) is 0 Å². The van der Waals surface area contributed by atoms with Gasteiger partial charge >= 0.3 is 0 Å². The van der Waals surface area contributed by atoms with Crippen LogP contribution in [0.4, 0.5) is 0 Å². The van der Waals surface area contributed by atoms with Crippen LogP contribution in [-0.4, -0.2) is 49.0 Å². The van der Waals surface area contributed by atoms with E-state index in [4.69, 9.17) is 9.84 Å². The van der Waals surface area contributed by atoms with Gasteiger partial charge in [-0.25, -0.2) is 0 Å². The van der Waals surface area contributed by atoms with Crippen LogP contribution in [0.3, 0.4) is 0 Å². The fourth-order valence-electron chi connectivity index (χ4n) is 2.42. The number of aliphatic hydroxyl groups is 1. The Balaban J connectivity index is 1.76. The first-order valence-corrected chi connectivity index (χ1v) is 5.33. The molecule has 0 amide bonds. The normalized spacial score (nSPS) is 35.8. The van der Waals surface area contributed by atoms with Crippen molar-refractivity contribution in [1.29, 1.82) is 0 Å². The molecule has 2 fully saturated rings. The van der Waals surface area contributed by atoms with Crippen LogP contribution in [0.15, 0.2) is 0 Å². The van der Waals surface area contributed by atoms with E-state index in [9.17, 15) is 0 Å². The van der Waals surface area contributed by atoms with Crippen molar-refractivity contribution in [2.45, 2.75) is 25.3 Å². The van der Waals surface area contributed by atoms with Crippen LogP contribution in [0, 0.1) is 5.92 Å². The molecule has 1 N–H and O–H groups in total. The van der Waals surface area contributed by atoms with E-state index < -0.39 is 0 Å². The molecule has 3 nitrogen and oxygen atoms in total. The highest BCUT2D eigenvalue weighted by Crippen LogP contribution is 2.24. The maximum atomic E-state index is 8.84. The van der Waals surface area contributed by atoms with E-state index in [2.05, 4.69) is 4.90 Å². The third kappa shape index (κ3) is 2.22. The minimum Gasteiger partial charge on any atom is -0.396 e. The maximum Gasteiger partial charge on any atom is 0.0622 e. The zero-order valence-electron chi connectivity index (χ0n) is 8.11. The number of ether oxygens (including phenoxy) is 1. The highest BCUT2D eigenvalue weighted by molar-refractivity contribution is 4.83. The first-order valence-electron chi connectivity index (χ1n) is 5.33. The molecule has 3 heteroatoms. The molecule has 0 aromatic heterocycles. The van der Waals surface area contributed by atoms with Crippen molar-refractivity contribution in [1.82, 2.24) is 4.90 Å². The molecule has 2 unspecified atom stereocenters. The summed E-state index contributed by atoms with van der Waals surface area (Å²) in [6.07, 6.45) is 3.44. The number of aliphatic hydroxyl groups excluding tert-OH is 1. The Labute approximate surface area is 79.7 Å². The fraction of sp³-hybridized carbons (Fsp3) is 1.00. The van der Waals surface area contributed by atoms with Gasteiger partial charge in [0.15, 0.2) is 0 Å². The zero-order valence-corrected chi connectivity index (χ0v) is 8.11. The smallest absolute Gasteiger partial charge is 0.0622 e. The molecule has 0 aromatic carbocycles. The summed E-state index contributed by atoms with van der Waals surface area (Å²) in [6, 6.07) is 0.670. The maximum absolute atomic E-state index is 8.84. The van der Waals surface area contributed by atoms with E-state index in [1.54, 1.807) is 0 Å². The molecule has 0 radical (unpaired) electrons. The van der Waals surface area contributed by atoms with Crippen molar-refractivity contribution in [3.05, 3.63) is 0 Å². The summed E-state index contributed by atoms with van der Waals surface area (Å²) in [7, 11) is 0. The van der Waals surface area contributed by atoms with Crippen LogP contribution < -0.4 is 0 Å². The lowest BCUT2D eigenvalue weighted by Gasteiger charge is -2.21. The Bertz CT molecular complexity index is 157. The fourth-order valence-corrected chi connectivity index (χ4v) is 2.42. The zero-order chi connectivity index (χ0) is 9.10. The molecular formula is C10H19NO2. The van der Waals surface area contributed by atoms with Crippen molar-refractivity contribution in [2.24, 2.45) is 5.92 Å². The summed E-state index contributed by atoms with van der Waals surface area (Å²) >= 11 is 0. The third-order valence-electron chi connectivity index (χ3n) is 3.28. The minimum absolute atomic E-state index is 0.347. The first kappa shape index (κ1) is 9.44. The summed E-state index contributed by atoms with van der Waals surface area (Å²) in [5.74, 6) is 0.727. The Morgan fingerprint density at radius 2 is 2.31 bits per heavy atom. The van der Waals surface area contributed by atoms with E-state index in [1.165, 1.54) is 25.9 Å². The SMILES string of the molecule is OCCC1CCN(C2CCOC2)C1. The van der Waals surface area contributed by atoms with Crippen molar-refractivity contribution in [3.8, 4) is 0 Å². The van der Waals surface area contributed by atoms with Gasteiger partial charge < -0.3 is 9.84 Å². The highest BCUT2D eigenvalue weighted by atomic mass is 16.5. The standard InChI is InChI=1S/C10H19NO2/c12-5-2-9-1-4-11(7-9)10-3-6-13-8-10/h9-10,12H,1-8H2. The van der Waals surface area contributed by atoms with Gasteiger partial charge in [-0.1, -0.05) is 0 Å². The molecule has 2 heterocycles. The summed E-state index contributed by atoms with van der Waals surface area (Å²) in [5, 5.41) is 8.84. The molecular weight excluding hydrogens is 166 g/mol. The van der Waals surface area contributed by atoms with Gasteiger partial charge in [-0.05, 0) is 31.7 Å². The Hall–Kier alpha value is -0.120. The second-order valence-electron chi connectivity index (χ2n) is 4.18. The van der Waals surface area contributed by atoms with Gasteiger partial charge in [0.25, 0.3) is 0 Å². The quantitative estimate of drug-likeness (QED) is 0.694. The van der Waals surface area contributed by atoms with E-state index in [-0.39, 0.29) is 0 Å². The minimum atomic E-state index is 0.347. The largest absolute Gasteiger partial charge is 0.396 e. The molecule has 0 aliphatic carbocycles. The Morgan fingerprint density at radius 3 is 3.00 bits per heavy atom. The first-order chi connectivity index (χ1) is 6.40. The molecule has 0 aromatic rings. The molecule has 0 spiro atoms. The lowest BCUT2D eigenvalue weighted by Crippen LogP contribution is -2.33. The van der Waals surface area contributed by atoms with Gasteiger partial charge in [0.05, 0.1) is 6.61 Å². The summed E-state index contributed by atoms with van der Waals surface area (Å²) in [4.78, 5) is 2.54. The van der Waals surface area contributed by atoms with E-state index >= 15 is 0 Å². The molecule has 2 rings (SSSR count). The van der Waals surface area contributed by atoms with Gasteiger partial charge in [-0.3, -0.25) is 4.90 Å². The average molecular weight is 185 g/mol. The van der Waals surface area contributed by atoms with Crippen LogP contribution in [0.5, 0.6) is 0 Å². The molecule has 2 atom stereocenters. The van der Waals surface area contributed by atoms with Crippen LogP contribution in [0.1, 0.15) is 19.3 Å². The number of likely N-dealkylation sites (tertiary alicyclic amines) is 1. The van der Waals surface area contributed by atoms with E-state index in [1.807, 2.05) is 0 Å². The second-order valence-corrected chi connectivity index (χ2v) is 4.18. The highest BCUT2D eigenvalue weighted by Gasteiger charge is 2.29. The number of hydrogen-bond acceptors (Lipinski definition) is 3. The summed E-state index contributed by atoms with van der Waals surface area (Å²) in [6.45, 7) is 4.59. The van der Waals surface area contributed by atoms with Crippen LogP contribution in [0.25, 0.3) is 0 Å². The topological polar surface area (TPSA) is 32.7 Å². The van der Waals surface area contributed by atoms with E-state index in [0.29, 0.717) is 12.6 Å². The van der Waals surface area contributed by atoms with Gasteiger partial charge in [-0.2, -0.15) is 0 Å². The van der Waals surface area contributed by atoms with Crippen molar-refractivity contribution in [3.63, 3.8) is 0 Å². The van der Waals surface area contributed by atoms with Gasteiger partial charge in [0.2, 0.25) is 0 Å². The lowest BCUT2D eigenvalue weighted by atomic mass is 10.1. The summed E-state index contributed by atoms with van der Waals surface area (Å²) < 4.78 is 5.37. The third-order valence-corrected chi connectivity index (χ3v) is 3.28. The molecule has 2 aliphatic heterocycles. The summed E-state index contributed by atoms with van der Waals surface area (Å²) in [5.41, 5.74) is 0. The van der Waals surface area contributed by atoms with Crippen molar-refractivity contribution in [2.75, 3.05) is 32.9 Å². The Kier molecular flexibility index (Phi) is 3.19. The van der Waals surface area contributed by atoms with Gasteiger partial charge in [0, 0.05) is 25.8 Å². The molecule has 0 bridgehead atoms. The average Bonchev–Trinajstić information content (AvgIpc) is 2.70.